The molecule has 1 heterocycles. The average Bonchev–Trinajstić information content (AvgIpc) is 2.58. The summed E-state index contributed by atoms with van der Waals surface area (Å²) in [4.78, 5) is 16.7. The smallest absolute Gasteiger partial charge is 0.222 e. The van der Waals surface area contributed by atoms with Crippen LogP contribution in [0.2, 0.25) is 0 Å². The molecule has 0 spiro atoms. The van der Waals surface area contributed by atoms with Crippen LogP contribution in [0.4, 0.5) is 0 Å². The van der Waals surface area contributed by atoms with Crippen LogP contribution in [0.25, 0.3) is 0 Å². The second kappa shape index (κ2) is 12.8. The maximum atomic E-state index is 8.35. The van der Waals surface area contributed by atoms with E-state index in [1.165, 1.54) is 4.21 Å². The van der Waals surface area contributed by atoms with E-state index in [2.05, 4.69) is 31.4 Å². The van der Waals surface area contributed by atoms with E-state index in [0.717, 1.165) is 12.2 Å². The molecule has 0 aliphatic rings. The van der Waals surface area contributed by atoms with Gasteiger partial charge in [0.2, 0.25) is 12.2 Å². The first-order valence-corrected chi connectivity index (χ1v) is 5.66. The standard InChI is InChI=1S/C7H10S2.2CHNO/c1-6(2)9-7-4-3-5-8-7;2*2-1-3/h3-6H,1-2H3;2*2H. The summed E-state index contributed by atoms with van der Waals surface area (Å²) < 4.78 is 1.42. The molecule has 15 heavy (non-hydrogen) atoms. The van der Waals surface area contributed by atoms with Crippen LogP contribution >= 0.6 is 23.1 Å². The lowest BCUT2D eigenvalue weighted by molar-refractivity contribution is 0.562. The van der Waals surface area contributed by atoms with Crippen LogP contribution in [0.1, 0.15) is 13.8 Å². The van der Waals surface area contributed by atoms with Crippen molar-refractivity contribution in [1.29, 1.82) is 10.8 Å². The van der Waals surface area contributed by atoms with Crippen molar-refractivity contribution < 1.29 is 9.59 Å². The van der Waals surface area contributed by atoms with E-state index >= 15 is 0 Å². The predicted molar refractivity (Wildman–Crippen MR) is 62.1 cm³/mol. The molecule has 0 aliphatic carbocycles. The lowest BCUT2D eigenvalue weighted by Gasteiger charge is -1.98. The number of rotatable bonds is 2. The fraction of sp³-hybridized carbons (Fsp3) is 0.333. The molecule has 1 rings (SSSR count). The van der Waals surface area contributed by atoms with Gasteiger partial charge < -0.3 is 0 Å². The molecular formula is C9H12N2O2S2. The van der Waals surface area contributed by atoms with E-state index in [-0.39, 0.29) is 0 Å². The maximum absolute atomic E-state index is 8.35. The summed E-state index contributed by atoms with van der Waals surface area (Å²) in [5.41, 5.74) is 0. The number of hydrogen-bond acceptors (Lipinski definition) is 6. The van der Waals surface area contributed by atoms with Gasteiger partial charge in [-0.05, 0) is 11.4 Å². The molecule has 0 amide bonds. The fourth-order valence-corrected chi connectivity index (χ4v) is 2.60. The van der Waals surface area contributed by atoms with Gasteiger partial charge in [-0.25, -0.2) is 20.4 Å². The van der Waals surface area contributed by atoms with Gasteiger partial charge in [0.15, 0.2) is 0 Å². The quantitative estimate of drug-likeness (QED) is 0.476. The Morgan fingerprint density at radius 2 is 1.80 bits per heavy atom. The highest BCUT2D eigenvalue weighted by Crippen LogP contribution is 2.26. The molecule has 0 radical (unpaired) electrons. The first kappa shape index (κ1) is 16.2. The Hall–Kier alpha value is -1.19. The van der Waals surface area contributed by atoms with E-state index in [9.17, 15) is 0 Å². The van der Waals surface area contributed by atoms with Gasteiger partial charge in [0.25, 0.3) is 0 Å². The van der Waals surface area contributed by atoms with Crippen molar-refractivity contribution in [2.45, 2.75) is 23.3 Å². The number of isocyanates is 2. The number of nitrogens with one attached hydrogen (secondary N) is 2. The second-order valence-electron chi connectivity index (χ2n) is 2.30. The van der Waals surface area contributed by atoms with E-state index in [4.69, 9.17) is 20.4 Å². The summed E-state index contributed by atoms with van der Waals surface area (Å²) in [7, 11) is 0. The van der Waals surface area contributed by atoms with Crippen molar-refractivity contribution in [3.05, 3.63) is 17.5 Å². The van der Waals surface area contributed by atoms with Crippen LogP contribution in [0, 0.1) is 10.8 Å². The van der Waals surface area contributed by atoms with Crippen molar-refractivity contribution in [2.75, 3.05) is 0 Å². The first-order chi connectivity index (χ1) is 7.12. The molecule has 82 valence electrons. The van der Waals surface area contributed by atoms with E-state index < -0.39 is 0 Å². The van der Waals surface area contributed by atoms with Gasteiger partial charge in [0, 0.05) is 5.25 Å². The summed E-state index contributed by atoms with van der Waals surface area (Å²) >= 11 is 3.74. The van der Waals surface area contributed by atoms with Gasteiger partial charge in [-0.2, -0.15) is 0 Å². The number of thioether (sulfide) groups is 1. The van der Waals surface area contributed by atoms with E-state index in [1.54, 1.807) is 0 Å². The lowest BCUT2D eigenvalue weighted by atomic mass is 10.6. The molecule has 0 bridgehead atoms. The Labute approximate surface area is 96.7 Å². The van der Waals surface area contributed by atoms with Crippen molar-refractivity contribution in [3.8, 4) is 0 Å². The van der Waals surface area contributed by atoms with E-state index in [0.29, 0.717) is 5.25 Å². The number of thiophene rings is 1. The third-order valence-electron chi connectivity index (χ3n) is 0.847. The summed E-state index contributed by atoms with van der Waals surface area (Å²) in [6.45, 7) is 4.43. The Bertz CT molecular complexity index is 286. The van der Waals surface area contributed by atoms with Gasteiger partial charge in [-0.3, -0.25) is 0 Å². The minimum atomic E-state index is 0.712. The molecule has 0 fully saturated rings. The topological polar surface area (TPSA) is 81.8 Å². The fourth-order valence-electron chi connectivity index (χ4n) is 0.563. The third-order valence-corrected chi connectivity index (χ3v) is 2.93. The van der Waals surface area contributed by atoms with Crippen molar-refractivity contribution in [2.24, 2.45) is 0 Å². The Balaban J connectivity index is 0. The summed E-state index contributed by atoms with van der Waals surface area (Å²) in [6.07, 6.45) is 1.50. The number of carbonyl (C=O) groups excluding carboxylic acids is 2. The SMILES string of the molecule is CC(C)Sc1cccs1.N=C=O.N=C=O. The minimum absolute atomic E-state index is 0.712. The van der Waals surface area contributed by atoms with Crippen molar-refractivity contribution in [3.63, 3.8) is 0 Å². The Morgan fingerprint density at radius 1 is 1.33 bits per heavy atom. The average molecular weight is 244 g/mol. The highest BCUT2D eigenvalue weighted by atomic mass is 32.2. The molecule has 6 heteroatoms. The molecule has 0 unspecified atom stereocenters. The van der Waals surface area contributed by atoms with Crippen LogP contribution in [-0.4, -0.2) is 17.4 Å². The highest BCUT2D eigenvalue weighted by Gasteiger charge is 1.96. The molecule has 1 aromatic rings. The monoisotopic (exact) mass is 244 g/mol. The zero-order chi connectivity index (χ0) is 12.1. The third kappa shape index (κ3) is 15.6. The summed E-state index contributed by atoms with van der Waals surface area (Å²) in [5, 5.41) is 13.6. The summed E-state index contributed by atoms with van der Waals surface area (Å²) in [6, 6.07) is 4.25. The van der Waals surface area contributed by atoms with Crippen molar-refractivity contribution >= 4 is 35.3 Å². The van der Waals surface area contributed by atoms with Gasteiger partial charge in [0.05, 0.1) is 4.21 Å². The minimum Gasteiger partial charge on any atom is -0.222 e. The Kier molecular flexibility index (Phi) is 13.9. The highest BCUT2D eigenvalue weighted by molar-refractivity contribution is 8.01. The molecule has 0 saturated heterocycles. The molecule has 0 aromatic carbocycles. The zero-order valence-electron chi connectivity index (χ0n) is 8.44. The maximum Gasteiger partial charge on any atom is 0.231 e. The Morgan fingerprint density at radius 3 is 2.07 bits per heavy atom. The van der Waals surface area contributed by atoms with E-state index in [1.807, 2.05) is 23.1 Å². The van der Waals surface area contributed by atoms with Crippen LogP contribution in [-0.2, 0) is 9.59 Å². The second-order valence-corrected chi connectivity index (χ2v) is 5.13. The molecule has 0 aliphatic heterocycles. The normalized spacial score (nSPS) is 7.40. The molecule has 2 N–H and O–H groups in total. The van der Waals surface area contributed by atoms with Crippen LogP contribution in [0.3, 0.4) is 0 Å². The number of hydrogen-bond donors (Lipinski definition) is 2. The van der Waals surface area contributed by atoms with Gasteiger partial charge in [-0.1, -0.05) is 19.9 Å². The summed E-state index contributed by atoms with van der Waals surface area (Å²) in [5.74, 6) is 0. The predicted octanol–water partition coefficient (Wildman–Crippen LogP) is 3.05. The lowest BCUT2D eigenvalue weighted by Crippen LogP contribution is -1.81. The van der Waals surface area contributed by atoms with Gasteiger partial charge >= 0.3 is 0 Å². The van der Waals surface area contributed by atoms with Gasteiger partial charge in [0.1, 0.15) is 0 Å². The van der Waals surface area contributed by atoms with Crippen LogP contribution in [0.5, 0.6) is 0 Å². The van der Waals surface area contributed by atoms with Gasteiger partial charge in [-0.15, -0.1) is 23.1 Å². The molecular weight excluding hydrogens is 232 g/mol. The molecule has 1 aromatic heterocycles. The molecule has 0 saturated carbocycles. The molecule has 0 atom stereocenters. The van der Waals surface area contributed by atoms with Crippen LogP contribution < -0.4 is 0 Å². The van der Waals surface area contributed by atoms with Crippen molar-refractivity contribution in [1.82, 2.24) is 0 Å². The molecule has 4 nitrogen and oxygen atoms in total. The van der Waals surface area contributed by atoms with Crippen LogP contribution in [0.15, 0.2) is 21.7 Å². The first-order valence-electron chi connectivity index (χ1n) is 3.90. The largest absolute Gasteiger partial charge is 0.231 e. The zero-order valence-corrected chi connectivity index (χ0v) is 10.1.